The molecule has 0 N–H and O–H groups in total. The molecular weight excluding hydrogens is 607 g/mol. The molecule has 2 heterocycles. The summed E-state index contributed by atoms with van der Waals surface area (Å²) < 4.78 is 8.87. The van der Waals surface area contributed by atoms with Crippen molar-refractivity contribution in [2.24, 2.45) is 5.92 Å². The average molecular weight is 654 g/mol. The summed E-state index contributed by atoms with van der Waals surface area (Å²) in [5, 5.41) is 0.185. The van der Waals surface area contributed by atoms with E-state index in [1.807, 2.05) is 42.7 Å². The van der Waals surface area contributed by atoms with Gasteiger partial charge in [-0.2, -0.15) is 0 Å². The van der Waals surface area contributed by atoms with E-state index in [2.05, 4.69) is 122 Å². The van der Waals surface area contributed by atoms with Gasteiger partial charge in [-0.1, -0.05) is 112 Å². The molecule has 6 heteroatoms. The summed E-state index contributed by atoms with van der Waals surface area (Å²) in [6, 6.07) is 35.7. The number of nitrogens with zero attached hydrogens (tertiary/aromatic N) is 3. The highest BCUT2D eigenvalue weighted by Gasteiger charge is 2.40. The molecule has 0 amide bonds. The molecule has 0 spiro atoms. The first-order valence-corrected chi connectivity index (χ1v) is 20.1. The minimum atomic E-state index is -1.82. The highest BCUT2D eigenvalue weighted by Crippen LogP contribution is 2.42. The topological polar surface area (TPSA) is 57.0 Å². The molecule has 1 saturated carbocycles. The van der Waals surface area contributed by atoms with Crippen molar-refractivity contribution in [3.8, 4) is 11.3 Å². The number of rotatable bonds is 10. The zero-order valence-corrected chi connectivity index (χ0v) is 29.8. The molecule has 0 aliphatic heterocycles. The number of ketones is 1. The number of carbonyl (C=O) groups excluding carboxylic acids is 1. The standard InChI is InChI=1S/C42H47N3O2Si/c1-41(2,3)48(4,5)47-36-25-23-32(24-26-36)40(46)28-27-38-37(22-15-29-43-38)39-30-45(31-44-39)42(33-16-9-6-10-17-33,34-18-11-7-12-19-34)35-20-13-8-14-21-35/h6-22,27-32,36H,23-26H2,1-5H3/b28-27+. The molecule has 0 radical (unpaired) electrons. The SMILES string of the molecule is CC(C)(C)[Si](C)(C)OC1CCC(C(=O)/C=C/c2ncccc2-c2cn(C(c3ccccc3)(c3ccccc3)c3ccccc3)cn2)CC1. The normalized spacial score (nSPS) is 17.4. The van der Waals surface area contributed by atoms with Crippen molar-refractivity contribution in [1.82, 2.24) is 14.5 Å². The van der Waals surface area contributed by atoms with Crippen LogP contribution in [-0.2, 0) is 14.8 Å². The van der Waals surface area contributed by atoms with Crippen molar-refractivity contribution >= 4 is 20.2 Å². The van der Waals surface area contributed by atoms with Crippen LogP contribution in [0.1, 0.15) is 68.8 Å². The average Bonchev–Trinajstić information content (AvgIpc) is 3.59. The number of pyridine rings is 1. The second-order valence-corrected chi connectivity index (χ2v) is 19.3. The third kappa shape index (κ3) is 6.78. The summed E-state index contributed by atoms with van der Waals surface area (Å²) >= 11 is 0. The monoisotopic (exact) mass is 653 g/mol. The van der Waals surface area contributed by atoms with E-state index in [1.54, 1.807) is 12.3 Å². The number of allylic oxidation sites excluding steroid dienone is 1. The van der Waals surface area contributed by atoms with E-state index >= 15 is 0 Å². The van der Waals surface area contributed by atoms with E-state index in [0.717, 1.165) is 59.3 Å². The van der Waals surface area contributed by atoms with Crippen LogP contribution in [0.15, 0.2) is 128 Å². The Hall–Kier alpha value is -4.39. The van der Waals surface area contributed by atoms with Crippen LogP contribution in [-0.4, -0.2) is 34.7 Å². The summed E-state index contributed by atoms with van der Waals surface area (Å²) in [5.74, 6) is 0.189. The van der Waals surface area contributed by atoms with Crippen LogP contribution in [0.3, 0.4) is 0 Å². The fraction of sp³-hybridized carbons (Fsp3) is 0.310. The van der Waals surface area contributed by atoms with Crippen molar-refractivity contribution < 1.29 is 9.22 Å². The molecule has 6 rings (SSSR count). The van der Waals surface area contributed by atoms with Gasteiger partial charge in [0.1, 0.15) is 5.54 Å². The van der Waals surface area contributed by atoms with E-state index < -0.39 is 13.9 Å². The Bertz CT molecular complexity index is 1740. The van der Waals surface area contributed by atoms with Gasteiger partial charge in [-0.3, -0.25) is 9.78 Å². The lowest BCUT2D eigenvalue weighted by atomic mass is 9.77. The summed E-state index contributed by atoms with van der Waals surface area (Å²) in [5.41, 5.74) is 5.15. The number of hydrogen-bond donors (Lipinski definition) is 0. The highest BCUT2D eigenvalue weighted by molar-refractivity contribution is 6.74. The van der Waals surface area contributed by atoms with Gasteiger partial charge >= 0.3 is 0 Å². The highest BCUT2D eigenvalue weighted by atomic mass is 28.4. The molecule has 2 aromatic heterocycles. The Balaban J connectivity index is 1.28. The number of carbonyl (C=O) groups is 1. The first kappa shape index (κ1) is 33.5. The smallest absolute Gasteiger partial charge is 0.192 e. The maximum atomic E-state index is 13.4. The fourth-order valence-corrected chi connectivity index (χ4v) is 8.18. The van der Waals surface area contributed by atoms with Crippen molar-refractivity contribution in [3.05, 3.63) is 150 Å². The van der Waals surface area contributed by atoms with Crippen LogP contribution in [0.5, 0.6) is 0 Å². The largest absolute Gasteiger partial charge is 0.414 e. The zero-order chi connectivity index (χ0) is 33.8. The molecule has 5 aromatic rings. The zero-order valence-electron chi connectivity index (χ0n) is 28.8. The van der Waals surface area contributed by atoms with Gasteiger partial charge in [0.2, 0.25) is 0 Å². The molecule has 3 aromatic carbocycles. The molecule has 48 heavy (non-hydrogen) atoms. The Morgan fingerprint density at radius 2 is 1.31 bits per heavy atom. The van der Waals surface area contributed by atoms with Gasteiger partial charge in [0.25, 0.3) is 0 Å². The summed E-state index contributed by atoms with van der Waals surface area (Å²) in [6.45, 7) is 11.5. The Labute approximate surface area is 286 Å². The van der Waals surface area contributed by atoms with Crippen LogP contribution >= 0.6 is 0 Å². The molecule has 1 fully saturated rings. The van der Waals surface area contributed by atoms with Gasteiger partial charge in [-0.05, 0) is 84.8 Å². The predicted octanol–water partition coefficient (Wildman–Crippen LogP) is 9.95. The Morgan fingerprint density at radius 1 is 0.771 bits per heavy atom. The second-order valence-electron chi connectivity index (χ2n) is 14.5. The van der Waals surface area contributed by atoms with E-state index in [4.69, 9.17) is 9.41 Å². The minimum absolute atomic E-state index is 0.0233. The number of hydrogen-bond acceptors (Lipinski definition) is 4. The van der Waals surface area contributed by atoms with Gasteiger partial charge in [0.15, 0.2) is 14.1 Å². The van der Waals surface area contributed by atoms with E-state index in [1.165, 1.54) is 0 Å². The lowest BCUT2D eigenvalue weighted by Gasteiger charge is -2.41. The van der Waals surface area contributed by atoms with Gasteiger partial charge in [-0.15, -0.1) is 0 Å². The van der Waals surface area contributed by atoms with Crippen LogP contribution < -0.4 is 0 Å². The number of benzene rings is 3. The first-order valence-electron chi connectivity index (χ1n) is 17.2. The van der Waals surface area contributed by atoms with Crippen molar-refractivity contribution in [1.29, 1.82) is 0 Å². The maximum Gasteiger partial charge on any atom is 0.192 e. The Morgan fingerprint density at radius 3 is 1.83 bits per heavy atom. The van der Waals surface area contributed by atoms with Crippen LogP contribution in [0, 0.1) is 5.92 Å². The third-order valence-electron chi connectivity index (χ3n) is 10.4. The number of imidazole rings is 1. The van der Waals surface area contributed by atoms with Crippen molar-refractivity contribution in [3.63, 3.8) is 0 Å². The summed E-state index contributed by atoms with van der Waals surface area (Å²) in [4.78, 5) is 23.1. The predicted molar refractivity (Wildman–Crippen MR) is 198 cm³/mol. The van der Waals surface area contributed by atoms with E-state index in [9.17, 15) is 4.79 Å². The molecule has 0 unspecified atom stereocenters. The molecule has 246 valence electrons. The molecule has 1 aliphatic rings. The van der Waals surface area contributed by atoms with Crippen LogP contribution in [0.25, 0.3) is 17.3 Å². The number of aromatic nitrogens is 3. The lowest BCUT2D eigenvalue weighted by Crippen LogP contribution is -2.45. The Kier molecular flexibility index (Phi) is 9.77. The van der Waals surface area contributed by atoms with Crippen molar-refractivity contribution in [2.75, 3.05) is 0 Å². The van der Waals surface area contributed by atoms with Gasteiger partial charge in [0, 0.05) is 30.0 Å². The van der Waals surface area contributed by atoms with Gasteiger partial charge in [0.05, 0.1) is 17.7 Å². The first-order chi connectivity index (χ1) is 23.1. The van der Waals surface area contributed by atoms with Gasteiger partial charge in [-0.25, -0.2) is 4.98 Å². The molecule has 5 nitrogen and oxygen atoms in total. The van der Waals surface area contributed by atoms with Crippen molar-refractivity contribution in [2.45, 2.75) is 76.2 Å². The van der Waals surface area contributed by atoms with Crippen LogP contribution in [0.2, 0.25) is 18.1 Å². The van der Waals surface area contributed by atoms with E-state index in [0.29, 0.717) is 0 Å². The fourth-order valence-electron chi connectivity index (χ4n) is 6.75. The summed E-state index contributed by atoms with van der Waals surface area (Å²) in [6.07, 6.45) is 13.3. The van der Waals surface area contributed by atoms with Crippen LogP contribution in [0.4, 0.5) is 0 Å². The molecule has 0 saturated heterocycles. The minimum Gasteiger partial charge on any atom is -0.414 e. The summed E-state index contributed by atoms with van der Waals surface area (Å²) in [7, 11) is -1.82. The maximum absolute atomic E-state index is 13.4. The third-order valence-corrected chi connectivity index (χ3v) is 14.9. The molecule has 0 atom stereocenters. The quantitative estimate of drug-likeness (QED) is 0.0855. The molecular formula is C42H47N3O2Si. The molecule has 1 aliphatic carbocycles. The second kappa shape index (κ2) is 14.0. The molecule has 0 bridgehead atoms. The van der Waals surface area contributed by atoms with Gasteiger partial charge < -0.3 is 8.99 Å². The van der Waals surface area contributed by atoms with E-state index in [-0.39, 0.29) is 22.8 Å². The lowest BCUT2D eigenvalue weighted by molar-refractivity contribution is -0.119.